The Kier molecular flexibility index (Phi) is 5.96. The third kappa shape index (κ3) is 5.17. The topological polar surface area (TPSA) is 86.7 Å². The molecule has 0 unspecified atom stereocenters. The van der Waals surface area contributed by atoms with Crippen molar-refractivity contribution in [3.05, 3.63) is 59.7 Å². The highest BCUT2D eigenvalue weighted by Gasteiger charge is 2.11. The van der Waals surface area contributed by atoms with Gasteiger partial charge in [-0.05, 0) is 48.5 Å². The average Bonchev–Trinajstić information content (AvgIpc) is 2.61. The number of aldehydes is 2. The van der Waals surface area contributed by atoms with E-state index in [0.717, 1.165) is 0 Å². The van der Waals surface area contributed by atoms with Gasteiger partial charge in [0.15, 0.2) is 0 Å². The molecular weight excluding hydrogens is 312 g/mol. The number of hydrogen-bond donors (Lipinski definition) is 0. The van der Waals surface area contributed by atoms with Gasteiger partial charge < -0.3 is 9.47 Å². The molecule has 2 aromatic carbocycles. The van der Waals surface area contributed by atoms with Crippen LogP contribution in [0.3, 0.4) is 0 Å². The molecule has 0 aromatic heterocycles. The SMILES string of the molecule is O=Cc1ccc(OC(=O)CCC(=O)Oc2ccc(C=O)cc2)cc1. The molecule has 0 radical (unpaired) electrons. The molecule has 122 valence electrons. The summed E-state index contributed by atoms with van der Waals surface area (Å²) in [4.78, 5) is 44.4. The Bertz CT molecular complexity index is 666. The molecule has 0 saturated heterocycles. The largest absolute Gasteiger partial charge is 0.427 e. The zero-order valence-electron chi connectivity index (χ0n) is 12.6. The van der Waals surface area contributed by atoms with Gasteiger partial charge in [0.2, 0.25) is 0 Å². The molecule has 0 heterocycles. The Morgan fingerprint density at radius 2 is 1.00 bits per heavy atom. The van der Waals surface area contributed by atoms with Crippen LogP contribution in [0.15, 0.2) is 48.5 Å². The molecule has 0 fully saturated rings. The molecule has 0 aliphatic heterocycles. The number of carbonyl (C=O) groups excluding carboxylic acids is 4. The van der Waals surface area contributed by atoms with Gasteiger partial charge in [0, 0.05) is 11.1 Å². The molecule has 24 heavy (non-hydrogen) atoms. The molecule has 0 spiro atoms. The number of benzene rings is 2. The van der Waals surface area contributed by atoms with E-state index < -0.39 is 11.9 Å². The summed E-state index contributed by atoms with van der Waals surface area (Å²) in [5.41, 5.74) is 0.943. The Labute approximate surface area is 138 Å². The van der Waals surface area contributed by atoms with Gasteiger partial charge in [0.25, 0.3) is 0 Å². The highest BCUT2D eigenvalue weighted by molar-refractivity contribution is 5.81. The molecule has 0 N–H and O–H groups in total. The third-order valence-corrected chi connectivity index (χ3v) is 3.03. The van der Waals surface area contributed by atoms with Gasteiger partial charge in [-0.25, -0.2) is 0 Å². The van der Waals surface area contributed by atoms with Crippen molar-refractivity contribution in [3.8, 4) is 11.5 Å². The summed E-state index contributed by atoms with van der Waals surface area (Å²) in [6.07, 6.45) is 1.09. The zero-order chi connectivity index (χ0) is 17.4. The predicted molar refractivity (Wildman–Crippen MR) is 84.2 cm³/mol. The molecule has 6 heteroatoms. The second kappa shape index (κ2) is 8.38. The van der Waals surface area contributed by atoms with Crippen molar-refractivity contribution in [1.82, 2.24) is 0 Å². The number of rotatable bonds is 7. The van der Waals surface area contributed by atoms with Crippen LogP contribution in [0.2, 0.25) is 0 Å². The molecule has 0 aliphatic rings. The fourth-order valence-corrected chi connectivity index (χ4v) is 1.80. The van der Waals surface area contributed by atoms with Gasteiger partial charge >= 0.3 is 11.9 Å². The summed E-state index contributed by atoms with van der Waals surface area (Å²) in [6.45, 7) is 0. The summed E-state index contributed by atoms with van der Waals surface area (Å²) in [7, 11) is 0. The monoisotopic (exact) mass is 326 g/mol. The summed E-state index contributed by atoms with van der Waals surface area (Å²) in [5, 5.41) is 0. The van der Waals surface area contributed by atoms with E-state index >= 15 is 0 Å². The molecule has 2 rings (SSSR count). The van der Waals surface area contributed by atoms with Crippen LogP contribution in [0.5, 0.6) is 11.5 Å². The summed E-state index contributed by atoms with van der Waals surface area (Å²) >= 11 is 0. The standard InChI is InChI=1S/C18H14O6/c19-11-13-1-5-15(6-2-13)23-17(21)9-10-18(22)24-16-7-3-14(12-20)4-8-16/h1-8,11-12H,9-10H2. The minimum absolute atomic E-state index is 0.138. The van der Waals surface area contributed by atoms with Gasteiger partial charge in [-0.15, -0.1) is 0 Å². The molecule has 2 aromatic rings. The lowest BCUT2D eigenvalue weighted by molar-refractivity contribution is -0.140. The van der Waals surface area contributed by atoms with Crippen molar-refractivity contribution in [2.75, 3.05) is 0 Å². The van der Waals surface area contributed by atoms with Crippen molar-refractivity contribution in [1.29, 1.82) is 0 Å². The minimum Gasteiger partial charge on any atom is -0.427 e. The molecule has 0 aliphatic carbocycles. The highest BCUT2D eigenvalue weighted by Crippen LogP contribution is 2.14. The van der Waals surface area contributed by atoms with Crippen LogP contribution in [-0.4, -0.2) is 24.5 Å². The first-order valence-electron chi connectivity index (χ1n) is 7.12. The molecule has 6 nitrogen and oxygen atoms in total. The van der Waals surface area contributed by atoms with Gasteiger partial charge in [-0.1, -0.05) is 0 Å². The van der Waals surface area contributed by atoms with E-state index in [-0.39, 0.29) is 12.8 Å². The van der Waals surface area contributed by atoms with Crippen LogP contribution in [0.4, 0.5) is 0 Å². The van der Waals surface area contributed by atoms with E-state index in [1.807, 2.05) is 0 Å². The normalized spacial score (nSPS) is 9.83. The van der Waals surface area contributed by atoms with E-state index in [1.54, 1.807) is 0 Å². The molecule has 0 amide bonds. The number of hydrogen-bond acceptors (Lipinski definition) is 6. The number of esters is 2. The third-order valence-electron chi connectivity index (χ3n) is 3.03. The summed E-state index contributed by atoms with van der Waals surface area (Å²) < 4.78 is 10.1. The van der Waals surface area contributed by atoms with E-state index in [4.69, 9.17) is 9.47 Å². The van der Waals surface area contributed by atoms with Crippen molar-refractivity contribution in [2.45, 2.75) is 12.8 Å². The van der Waals surface area contributed by atoms with Gasteiger partial charge in [-0.3, -0.25) is 19.2 Å². The minimum atomic E-state index is -0.581. The second-order valence-electron chi connectivity index (χ2n) is 4.82. The Morgan fingerprint density at radius 1 is 0.667 bits per heavy atom. The Hall–Kier alpha value is -3.28. The fraction of sp³-hybridized carbons (Fsp3) is 0.111. The first-order chi connectivity index (χ1) is 11.6. The van der Waals surface area contributed by atoms with Gasteiger partial charge in [0.05, 0.1) is 12.8 Å². The van der Waals surface area contributed by atoms with Gasteiger partial charge in [-0.2, -0.15) is 0 Å². The van der Waals surface area contributed by atoms with Crippen molar-refractivity contribution < 1.29 is 28.7 Å². The van der Waals surface area contributed by atoms with E-state index in [1.165, 1.54) is 48.5 Å². The Morgan fingerprint density at radius 3 is 1.29 bits per heavy atom. The van der Waals surface area contributed by atoms with Crippen LogP contribution in [0, 0.1) is 0 Å². The predicted octanol–water partition coefficient (Wildman–Crippen LogP) is 2.60. The lowest BCUT2D eigenvalue weighted by atomic mass is 10.2. The van der Waals surface area contributed by atoms with Crippen LogP contribution in [-0.2, 0) is 9.59 Å². The van der Waals surface area contributed by atoms with Crippen LogP contribution in [0.1, 0.15) is 33.6 Å². The zero-order valence-corrected chi connectivity index (χ0v) is 12.6. The maximum atomic E-state index is 11.7. The van der Waals surface area contributed by atoms with E-state index in [2.05, 4.69) is 0 Å². The summed E-state index contributed by atoms with van der Waals surface area (Å²) in [5.74, 6) is -0.573. The van der Waals surface area contributed by atoms with Gasteiger partial charge in [0.1, 0.15) is 24.1 Å². The highest BCUT2D eigenvalue weighted by atomic mass is 16.5. The maximum Gasteiger partial charge on any atom is 0.311 e. The lowest BCUT2D eigenvalue weighted by Crippen LogP contribution is -2.14. The summed E-state index contributed by atoms with van der Waals surface area (Å²) in [6, 6.07) is 12.1. The van der Waals surface area contributed by atoms with Crippen molar-refractivity contribution in [2.24, 2.45) is 0 Å². The number of carbonyl (C=O) groups is 4. The second-order valence-corrected chi connectivity index (χ2v) is 4.82. The molecule has 0 saturated carbocycles. The van der Waals surface area contributed by atoms with E-state index in [0.29, 0.717) is 35.2 Å². The van der Waals surface area contributed by atoms with Crippen LogP contribution < -0.4 is 9.47 Å². The molecular formula is C18H14O6. The van der Waals surface area contributed by atoms with Crippen molar-refractivity contribution >= 4 is 24.5 Å². The first kappa shape index (κ1) is 17.1. The maximum absolute atomic E-state index is 11.7. The number of ether oxygens (including phenoxy) is 2. The smallest absolute Gasteiger partial charge is 0.311 e. The van der Waals surface area contributed by atoms with Crippen molar-refractivity contribution in [3.63, 3.8) is 0 Å². The van der Waals surface area contributed by atoms with Crippen LogP contribution >= 0.6 is 0 Å². The Balaban J connectivity index is 1.78. The average molecular weight is 326 g/mol. The fourth-order valence-electron chi connectivity index (χ4n) is 1.80. The molecule has 0 bridgehead atoms. The first-order valence-corrected chi connectivity index (χ1v) is 7.12. The lowest BCUT2D eigenvalue weighted by Gasteiger charge is -2.05. The quantitative estimate of drug-likeness (QED) is 0.441. The van der Waals surface area contributed by atoms with E-state index in [9.17, 15) is 19.2 Å². The van der Waals surface area contributed by atoms with Crippen LogP contribution in [0.25, 0.3) is 0 Å². The molecule has 0 atom stereocenters.